The summed E-state index contributed by atoms with van der Waals surface area (Å²) in [5, 5.41) is 34.5. The Morgan fingerprint density at radius 1 is 1.16 bits per heavy atom. The number of ether oxygens (including phenoxy) is 3. The molecule has 1 saturated heterocycles. The van der Waals surface area contributed by atoms with Gasteiger partial charge in [0.15, 0.2) is 30.0 Å². The summed E-state index contributed by atoms with van der Waals surface area (Å²) in [7, 11) is -9.72. The summed E-state index contributed by atoms with van der Waals surface area (Å²) < 4.78 is 58.4. The average molecular weight is 866 g/mol. The lowest BCUT2D eigenvalue weighted by Gasteiger charge is -2.31. The van der Waals surface area contributed by atoms with E-state index in [9.17, 15) is 53.5 Å². The maximum Gasteiger partial charge on any atom is 0.472 e. The van der Waals surface area contributed by atoms with Crippen molar-refractivity contribution < 1.29 is 76.5 Å². The van der Waals surface area contributed by atoms with Crippen molar-refractivity contribution >= 4 is 50.3 Å². The van der Waals surface area contributed by atoms with Crippen molar-refractivity contribution in [3.05, 3.63) is 48.1 Å². The summed E-state index contributed by atoms with van der Waals surface area (Å²) in [6.07, 6.45) is -7.19. The lowest BCUT2D eigenvalue weighted by molar-refractivity contribution is -0.160. The molecule has 0 saturated carbocycles. The van der Waals surface area contributed by atoms with Crippen LogP contribution in [0.2, 0.25) is 0 Å². The Kier molecular flexibility index (Phi) is 16.5. The Labute approximate surface area is 328 Å². The van der Waals surface area contributed by atoms with Crippen molar-refractivity contribution in [3.8, 4) is 0 Å². The van der Waals surface area contributed by atoms with Crippen LogP contribution in [0.5, 0.6) is 0 Å². The number of allylic oxidation sites excluding steroid dienone is 1. The van der Waals surface area contributed by atoms with Gasteiger partial charge in [0.1, 0.15) is 48.1 Å². The van der Waals surface area contributed by atoms with Gasteiger partial charge >= 0.3 is 27.3 Å². The van der Waals surface area contributed by atoms with Crippen LogP contribution in [0.25, 0.3) is 11.2 Å². The van der Waals surface area contributed by atoms with Gasteiger partial charge in [0, 0.05) is 26.3 Å². The number of imidazole rings is 1. The maximum atomic E-state index is 13.6. The molecule has 1 fully saturated rings. The van der Waals surface area contributed by atoms with E-state index in [0.29, 0.717) is 11.0 Å². The van der Waals surface area contributed by atoms with E-state index in [1.165, 1.54) is 17.0 Å². The summed E-state index contributed by atoms with van der Waals surface area (Å²) in [5.41, 5.74) is 10.4. The van der Waals surface area contributed by atoms with Crippen molar-refractivity contribution in [3.63, 3.8) is 0 Å². The number of nitrogens with two attached hydrogens (primary N) is 2. The molecule has 11 N–H and O–H groups in total. The number of nitrogen functional groups attached to an aromatic ring is 2. The van der Waals surface area contributed by atoms with Crippen LogP contribution in [0, 0.1) is 0 Å². The number of esters is 1. The number of phosphoric acid groups is 2. The van der Waals surface area contributed by atoms with Crippen LogP contribution in [-0.4, -0.2) is 134 Å². The number of hydrogen-bond acceptors (Lipinski definition) is 20. The van der Waals surface area contributed by atoms with Gasteiger partial charge in [-0.1, -0.05) is 6.08 Å². The summed E-state index contributed by atoms with van der Waals surface area (Å²) >= 11 is 0. The van der Waals surface area contributed by atoms with Crippen LogP contribution in [0.4, 0.5) is 11.6 Å². The first kappa shape index (κ1) is 46.4. The molecule has 3 aromatic heterocycles. The minimum absolute atomic E-state index is 0.0122. The summed E-state index contributed by atoms with van der Waals surface area (Å²) in [5.74, 6) is -1.85. The molecule has 0 aromatic carbocycles. The fraction of sp³-hybridized carbons (Fsp3) is 0.567. The molecule has 1 aliphatic rings. The SMILES string of the molecule is C=CCCC(=O)N[C@@H](CCCCO)C(=O)O[C@H]1[C@@H](O)[C@H](n2cnc3c(N)ncnc32)O[C@@H]1COP(=O)(O)O[C@@H]([C@@H](O)n1ccc(N)nc1=O)[C@@H](COP(=O)(O)O)OC. The number of methoxy groups -OCH3 is 1. The predicted molar refractivity (Wildman–Crippen MR) is 195 cm³/mol. The first-order chi connectivity index (χ1) is 27.4. The van der Waals surface area contributed by atoms with Crippen LogP contribution in [-0.2, 0) is 46.5 Å². The van der Waals surface area contributed by atoms with E-state index in [-0.39, 0.29) is 55.1 Å². The molecule has 1 amide bonds. The lowest BCUT2D eigenvalue weighted by atomic mass is 10.1. The van der Waals surface area contributed by atoms with E-state index in [1.807, 2.05) is 0 Å². The first-order valence-electron chi connectivity index (χ1n) is 17.3. The zero-order valence-corrected chi connectivity index (χ0v) is 32.6. The summed E-state index contributed by atoms with van der Waals surface area (Å²) in [6, 6.07) is -0.195. The number of anilines is 2. The van der Waals surface area contributed by atoms with Gasteiger partial charge in [-0.05, 0) is 31.7 Å². The molecule has 26 nitrogen and oxygen atoms in total. The molecule has 0 bridgehead atoms. The van der Waals surface area contributed by atoms with Crippen molar-refractivity contribution in [2.45, 2.75) is 81.1 Å². The number of aliphatic hydroxyl groups excluding tert-OH is 3. The molecule has 4 rings (SSSR count). The normalized spacial score (nSPS) is 21.5. The van der Waals surface area contributed by atoms with Crippen molar-refractivity contribution in [1.82, 2.24) is 34.4 Å². The molecule has 0 aliphatic carbocycles. The standard InChI is InChI=1S/C30H45N9O17P2/c1-3-4-8-20(41)36-16(7-5-6-11-40)29(44)55-23-18(54-28(22(23)42)39-15-35-21-25(32)33-14-34-26(21)39)13-53-58(49,50)56-24(17(51-2)12-52-57(46,47)48)27(43)38-10-9-19(31)37-30(38)45/h3,9-10,14-18,22-24,27-28,40,42-43H,1,4-8,11-13H2,2H3,(H,36,41)(H,49,50)(H2,31,37,45)(H2,32,33,34)(H2,46,47,48)/t16-,17+,18+,22+,23+,24+,27+,28+/m0/s1. The highest BCUT2D eigenvalue weighted by Gasteiger charge is 2.50. The third-order valence-electron chi connectivity index (χ3n) is 8.48. The number of carbonyl (C=O) groups excluding carboxylic acids is 2. The fourth-order valence-electron chi connectivity index (χ4n) is 5.63. The molecule has 1 unspecified atom stereocenters. The molecule has 28 heteroatoms. The van der Waals surface area contributed by atoms with E-state index in [1.54, 1.807) is 0 Å². The number of rotatable bonds is 23. The molecule has 1 aliphatic heterocycles. The maximum absolute atomic E-state index is 13.6. The smallest absolute Gasteiger partial charge is 0.455 e. The molecule has 9 atom stereocenters. The number of fused-ring (bicyclic) bond motifs is 1. The minimum Gasteiger partial charge on any atom is -0.455 e. The molecular weight excluding hydrogens is 820 g/mol. The largest absolute Gasteiger partial charge is 0.472 e. The first-order valence-corrected chi connectivity index (χ1v) is 20.3. The zero-order chi connectivity index (χ0) is 42.8. The van der Waals surface area contributed by atoms with Gasteiger partial charge in [-0.3, -0.25) is 27.5 Å². The van der Waals surface area contributed by atoms with E-state index < -0.39 is 95.4 Å². The van der Waals surface area contributed by atoms with Gasteiger partial charge in [0.25, 0.3) is 0 Å². The van der Waals surface area contributed by atoms with Gasteiger partial charge in [-0.25, -0.2) is 33.7 Å². The van der Waals surface area contributed by atoms with E-state index in [4.69, 9.17) is 34.7 Å². The van der Waals surface area contributed by atoms with Crippen LogP contribution in [0.15, 0.2) is 42.4 Å². The van der Waals surface area contributed by atoms with Crippen LogP contribution in [0.1, 0.15) is 44.6 Å². The Hall–Kier alpha value is -4.27. The Balaban J connectivity index is 1.64. The highest BCUT2D eigenvalue weighted by molar-refractivity contribution is 7.47. The highest BCUT2D eigenvalue weighted by Crippen LogP contribution is 2.48. The third-order valence-corrected chi connectivity index (χ3v) is 9.95. The minimum atomic E-state index is -5.50. The highest BCUT2D eigenvalue weighted by atomic mass is 31.2. The topological polar surface area (TPSA) is 388 Å². The zero-order valence-electron chi connectivity index (χ0n) is 30.8. The number of unbranched alkanes of at least 4 members (excludes halogenated alkanes) is 1. The van der Waals surface area contributed by atoms with Crippen molar-refractivity contribution in [1.29, 1.82) is 0 Å². The summed E-state index contributed by atoms with van der Waals surface area (Å²) in [4.78, 5) is 83.8. The third kappa shape index (κ3) is 12.4. The average Bonchev–Trinajstić information content (AvgIpc) is 3.72. The van der Waals surface area contributed by atoms with Crippen LogP contribution in [0.3, 0.4) is 0 Å². The predicted octanol–water partition coefficient (Wildman–Crippen LogP) is -1.85. The Morgan fingerprint density at radius 3 is 2.55 bits per heavy atom. The van der Waals surface area contributed by atoms with Crippen molar-refractivity contribution in [2.24, 2.45) is 0 Å². The molecule has 3 aromatic rings. The monoisotopic (exact) mass is 865 g/mol. The van der Waals surface area contributed by atoms with Crippen LogP contribution >= 0.6 is 15.6 Å². The molecule has 0 spiro atoms. The number of aliphatic hydroxyl groups is 3. The van der Waals surface area contributed by atoms with E-state index >= 15 is 0 Å². The number of phosphoric ester groups is 2. The number of nitrogens with zero attached hydrogens (tertiary/aromatic N) is 6. The van der Waals surface area contributed by atoms with Gasteiger partial charge in [0.2, 0.25) is 5.91 Å². The Morgan fingerprint density at radius 2 is 1.90 bits per heavy atom. The van der Waals surface area contributed by atoms with Gasteiger partial charge in [0.05, 0.1) is 19.5 Å². The molecule has 58 heavy (non-hydrogen) atoms. The molecule has 322 valence electrons. The van der Waals surface area contributed by atoms with Gasteiger partial charge in [-0.15, -0.1) is 6.58 Å². The van der Waals surface area contributed by atoms with Crippen LogP contribution < -0.4 is 22.5 Å². The Bertz CT molecular complexity index is 2030. The molecule has 0 radical (unpaired) electrons. The second-order valence-electron chi connectivity index (χ2n) is 12.6. The molecule has 4 heterocycles. The molecular formula is C30H45N9O17P2. The second-order valence-corrected chi connectivity index (χ2v) is 15.2. The summed E-state index contributed by atoms with van der Waals surface area (Å²) in [6.45, 7) is 1.29. The van der Waals surface area contributed by atoms with E-state index in [0.717, 1.165) is 25.7 Å². The van der Waals surface area contributed by atoms with Crippen molar-refractivity contribution in [2.75, 3.05) is 38.4 Å². The number of hydrogen-bond donors (Lipinski definition) is 9. The van der Waals surface area contributed by atoms with Gasteiger partial charge < -0.3 is 61.0 Å². The lowest BCUT2D eigenvalue weighted by Crippen LogP contribution is -2.46. The van der Waals surface area contributed by atoms with E-state index in [2.05, 4.69) is 36.4 Å². The number of nitrogens with one attached hydrogen (secondary N) is 1. The quantitative estimate of drug-likeness (QED) is 0.0219. The second kappa shape index (κ2) is 20.6. The number of carbonyl (C=O) groups is 2. The van der Waals surface area contributed by atoms with Gasteiger partial charge in [-0.2, -0.15) is 4.98 Å². The fourth-order valence-corrected chi connectivity index (χ4v) is 6.92. The number of amides is 1. The number of aromatic nitrogens is 6.